The van der Waals surface area contributed by atoms with E-state index in [1.165, 1.54) is 17.5 Å². The molecule has 1 fully saturated rings. The lowest BCUT2D eigenvalue weighted by Gasteiger charge is -2.45. The molecule has 0 aliphatic carbocycles. The molecule has 0 N–H and O–H groups in total. The molecule has 0 atom stereocenters. The van der Waals surface area contributed by atoms with Crippen LogP contribution in [0.15, 0.2) is 18.2 Å². The number of benzene rings is 1. The molecular weight excluding hydrogens is 368 g/mol. The Kier molecular flexibility index (Phi) is 4.78. The van der Waals surface area contributed by atoms with Crippen LogP contribution in [-0.2, 0) is 29.7 Å². The van der Waals surface area contributed by atoms with Gasteiger partial charge in [0.25, 0.3) is 5.91 Å². The number of ether oxygens (including phenoxy) is 2. The zero-order valence-corrected chi connectivity index (χ0v) is 17.0. The van der Waals surface area contributed by atoms with E-state index in [0.717, 1.165) is 56.6 Å². The number of hydrogen-bond acceptors (Lipinski definition) is 5. The summed E-state index contributed by atoms with van der Waals surface area (Å²) >= 11 is 0. The van der Waals surface area contributed by atoms with Gasteiger partial charge >= 0.3 is 0 Å². The van der Waals surface area contributed by atoms with Crippen LogP contribution in [0.5, 0.6) is 5.75 Å². The van der Waals surface area contributed by atoms with Gasteiger partial charge in [0, 0.05) is 31.6 Å². The molecule has 7 heteroatoms. The van der Waals surface area contributed by atoms with Crippen molar-refractivity contribution >= 4 is 5.91 Å². The molecule has 7 nitrogen and oxygen atoms in total. The first-order chi connectivity index (χ1) is 14.2. The molecule has 3 aliphatic heterocycles. The fourth-order valence-electron chi connectivity index (χ4n) is 5.15. The number of piperidine rings is 1. The molecule has 1 spiro atoms. The Bertz CT molecular complexity index is 901. The van der Waals surface area contributed by atoms with Gasteiger partial charge in [-0.2, -0.15) is 0 Å². The highest BCUT2D eigenvalue weighted by molar-refractivity contribution is 5.90. The van der Waals surface area contributed by atoms with Crippen molar-refractivity contribution in [3.63, 3.8) is 0 Å². The van der Waals surface area contributed by atoms with Crippen LogP contribution in [-0.4, -0.2) is 52.4 Å². The second kappa shape index (κ2) is 7.44. The van der Waals surface area contributed by atoms with Crippen LogP contribution < -0.4 is 4.74 Å². The Balaban J connectivity index is 1.37. The molecule has 3 aliphatic rings. The van der Waals surface area contributed by atoms with Gasteiger partial charge in [-0.25, -0.2) is 0 Å². The molecule has 0 radical (unpaired) electrons. The molecule has 1 aromatic heterocycles. The number of nitrogens with zero attached hydrogens (tertiary/aromatic N) is 4. The zero-order chi connectivity index (χ0) is 19.8. The van der Waals surface area contributed by atoms with E-state index in [9.17, 15) is 4.79 Å². The van der Waals surface area contributed by atoms with Gasteiger partial charge in [-0.15, -0.1) is 10.2 Å². The lowest BCUT2D eigenvalue weighted by molar-refractivity contribution is -0.0947. The number of aryl methyl sites for hydroxylation is 1. The highest BCUT2D eigenvalue weighted by Gasteiger charge is 2.44. The summed E-state index contributed by atoms with van der Waals surface area (Å²) in [5.74, 6) is 2.34. The lowest BCUT2D eigenvalue weighted by atomic mass is 9.78. The van der Waals surface area contributed by atoms with E-state index in [1.54, 1.807) is 7.11 Å². The number of likely N-dealkylation sites (tertiary alicyclic amines) is 1. The third kappa shape index (κ3) is 3.12. The van der Waals surface area contributed by atoms with Crippen molar-refractivity contribution in [1.82, 2.24) is 19.7 Å². The van der Waals surface area contributed by atoms with E-state index in [4.69, 9.17) is 9.47 Å². The summed E-state index contributed by atoms with van der Waals surface area (Å²) < 4.78 is 14.1. The van der Waals surface area contributed by atoms with E-state index in [-0.39, 0.29) is 11.5 Å². The predicted octanol–water partition coefficient (Wildman–Crippen LogP) is 2.72. The first-order valence-electron chi connectivity index (χ1n) is 10.7. The summed E-state index contributed by atoms with van der Waals surface area (Å²) in [5, 5.41) is 8.55. The Morgan fingerprint density at radius 3 is 2.79 bits per heavy atom. The van der Waals surface area contributed by atoms with E-state index in [2.05, 4.69) is 16.3 Å². The van der Waals surface area contributed by atoms with Crippen molar-refractivity contribution in [2.75, 3.05) is 26.8 Å². The standard InChI is InChI=1S/C22H28N4O3/c1-28-17-7-5-6-16-9-15-29-22(19(16)17)10-13-25(14-11-22)21(27)20-24-23-18-8-3-2-4-12-26(18)20/h5-7H,2-4,8-15H2,1H3. The largest absolute Gasteiger partial charge is 0.496 e. The fourth-order valence-corrected chi connectivity index (χ4v) is 5.15. The fraction of sp³-hybridized carbons (Fsp3) is 0.591. The number of carbonyl (C=O) groups excluding carboxylic acids is 1. The van der Waals surface area contributed by atoms with Crippen LogP contribution in [0.2, 0.25) is 0 Å². The summed E-state index contributed by atoms with van der Waals surface area (Å²) in [6.07, 6.45) is 6.74. The van der Waals surface area contributed by atoms with E-state index in [1.807, 2.05) is 21.6 Å². The van der Waals surface area contributed by atoms with Crippen molar-refractivity contribution in [1.29, 1.82) is 0 Å². The highest BCUT2D eigenvalue weighted by atomic mass is 16.5. The van der Waals surface area contributed by atoms with Crippen LogP contribution in [0.25, 0.3) is 0 Å². The number of hydrogen-bond donors (Lipinski definition) is 0. The summed E-state index contributed by atoms with van der Waals surface area (Å²) in [5.41, 5.74) is 2.12. The number of carbonyl (C=O) groups is 1. The van der Waals surface area contributed by atoms with Gasteiger partial charge < -0.3 is 18.9 Å². The summed E-state index contributed by atoms with van der Waals surface area (Å²) in [6.45, 7) is 2.86. The minimum atomic E-state index is -0.362. The summed E-state index contributed by atoms with van der Waals surface area (Å²) in [6, 6.07) is 6.23. The van der Waals surface area contributed by atoms with Crippen LogP contribution in [0.4, 0.5) is 0 Å². The van der Waals surface area contributed by atoms with Crippen LogP contribution in [0.3, 0.4) is 0 Å². The first-order valence-corrected chi connectivity index (χ1v) is 10.7. The second-order valence-corrected chi connectivity index (χ2v) is 8.28. The van der Waals surface area contributed by atoms with Gasteiger partial charge in [-0.3, -0.25) is 4.79 Å². The molecule has 0 unspecified atom stereocenters. The van der Waals surface area contributed by atoms with E-state index >= 15 is 0 Å². The molecule has 1 amide bonds. The van der Waals surface area contributed by atoms with E-state index in [0.29, 0.717) is 25.5 Å². The maximum atomic E-state index is 13.2. The van der Waals surface area contributed by atoms with Gasteiger partial charge in [-0.05, 0) is 43.7 Å². The molecule has 0 saturated carbocycles. The van der Waals surface area contributed by atoms with Crippen molar-refractivity contribution in [2.45, 2.75) is 57.1 Å². The number of rotatable bonds is 2. The molecular formula is C22H28N4O3. The quantitative estimate of drug-likeness (QED) is 0.781. The van der Waals surface area contributed by atoms with Crippen molar-refractivity contribution < 1.29 is 14.3 Å². The highest BCUT2D eigenvalue weighted by Crippen LogP contribution is 2.45. The normalized spacial score (nSPS) is 20.7. The lowest BCUT2D eigenvalue weighted by Crippen LogP contribution is -2.49. The monoisotopic (exact) mass is 396 g/mol. The SMILES string of the molecule is COc1cccc2c1C1(CCN(C(=O)c3nnc4n3CCCCC4)CC1)OCC2. The smallest absolute Gasteiger partial charge is 0.291 e. The number of aromatic nitrogens is 3. The van der Waals surface area contributed by atoms with Crippen LogP contribution in [0, 0.1) is 0 Å². The van der Waals surface area contributed by atoms with Gasteiger partial charge in [0.2, 0.25) is 5.82 Å². The van der Waals surface area contributed by atoms with Crippen molar-refractivity contribution in [3.05, 3.63) is 41.0 Å². The Hall–Kier alpha value is -2.41. The van der Waals surface area contributed by atoms with E-state index < -0.39 is 0 Å². The molecule has 2 aromatic rings. The topological polar surface area (TPSA) is 69.5 Å². The zero-order valence-electron chi connectivity index (χ0n) is 17.0. The Morgan fingerprint density at radius 1 is 1.10 bits per heavy atom. The van der Waals surface area contributed by atoms with Gasteiger partial charge in [0.1, 0.15) is 17.2 Å². The molecule has 154 valence electrons. The molecule has 4 heterocycles. The maximum absolute atomic E-state index is 13.2. The molecule has 1 saturated heterocycles. The first kappa shape index (κ1) is 18.6. The summed E-state index contributed by atoms with van der Waals surface area (Å²) in [7, 11) is 1.72. The second-order valence-electron chi connectivity index (χ2n) is 8.28. The molecule has 1 aromatic carbocycles. The molecule has 0 bridgehead atoms. The number of methoxy groups -OCH3 is 1. The molecule has 5 rings (SSSR count). The molecule has 29 heavy (non-hydrogen) atoms. The van der Waals surface area contributed by atoms with Crippen LogP contribution >= 0.6 is 0 Å². The average molecular weight is 396 g/mol. The Morgan fingerprint density at radius 2 is 1.97 bits per heavy atom. The Labute approximate surface area is 171 Å². The average Bonchev–Trinajstić information content (AvgIpc) is 3.01. The third-order valence-electron chi connectivity index (χ3n) is 6.70. The maximum Gasteiger partial charge on any atom is 0.291 e. The van der Waals surface area contributed by atoms with Gasteiger partial charge in [-0.1, -0.05) is 18.6 Å². The summed E-state index contributed by atoms with van der Waals surface area (Å²) in [4.78, 5) is 15.1. The minimum absolute atomic E-state index is 0.00319. The van der Waals surface area contributed by atoms with Gasteiger partial charge in [0.15, 0.2) is 0 Å². The minimum Gasteiger partial charge on any atom is -0.496 e. The van der Waals surface area contributed by atoms with Crippen molar-refractivity contribution in [2.24, 2.45) is 0 Å². The van der Waals surface area contributed by atoms with Crippen molar-refractivity contribution in [3.8, 4) is 5.75 Å². The van der Waals surface area contributed by atoms with Gasteiger partial charge in [0.05, 0.1) is 13.7 Å². The number of fused-ring (bicyclic) bond motifs is 3. The van der Waals surface area contributed by atoms with Crippen LogP contribution in [0.1, 0.15) is 59.7 Å². The predicted molar refractivity (Wildman–Crippen MR) is 107 cm³/mol. The number of amides is 1. The third-order valence-corrected chi connectivity index (χ3v) is 6.70.